The molecule has 7 heteroatoms. The van der Waals surface area contributed by atoms with E-state index in [4.69, 9.17) is 13.9 Å². The van der Waals surface area contributed by atoms with E-state index in [1.54, 1.807) is 0 Å². The first-order valence-electron chi connectivity index (χ1n) is 11.0. The highest BCUT2D eigenvalue weighted by atomic mass is 16.5. The van der Waals surface area contributed by atoms with Crippen LogP contribution in [0.2, 0.25) is 0 Å². The van der Waals surface area contributed by atoms with Gasteiger partial charge in [-0.25, -0.2) is 0 Å². The third kappa shape index (κ3) is 4.25. The summed E-state index contributed by atoms with van der Waals surface area (Å²) in [5, 5.41) is 10.4. The molecule has 2 heterocycles. The van der Waals surface area contributed by atoms with Crippen LogP contribution in [0.25, 0.3) is 22.3 Å². The SMILES string of the molecule is COc1c(-c2ccc(N(C)CCN3CCCCC3)cc2)oc2c(OC)c(O)ccc2c1=O. The predicted molar refractivity (Wildman–Crippen MR) is 126 cm³/mol. The Balaban J connectivity index is 1.63. The molecule has 1 aliphatic heterocycles. The molecule has 0 bridgehead atoms. The highest BCUT2D eigenvalue weighted by molar-refractivity contribution is 5.88. The molecule has 170 valence electrons. The van der Waals surface area contributed by atoms with Crippen molar-refractivity contribution in [1.82, 2.24) is 4.90 Å². The van der Waals surface area contributed by atoms with Crippen LogP contribution in [0.4, 0.5) is 5.69 Å². The number of rotatable bonds is 7. The van der Waals surface area contributed by atoms with Gasteiger partial charge in [-0.3, -0.25) is 4.79 Å². The van der Waals surface area contributed by atoms with E-state index in [2.05, 4.69) is 16.8 Å². The average molecular weight is 439 g/mol. The first kappa shape index (κ1) is 22.0. The zero-order chi connectivity index (χ0) is 22.7. The topological polar surface area (TPSA) is 75.4 Å². The van der Waals surface area contributed by atoms with Gasteiger partial charge in [0.2, 0.25) is 16.9 Å². The molecule has 1 aromatic heterocycles. The molecule has 3 aromatic rings. The van der Waals surface area contributed by atoms with Crippen molar-refractivity contribution in [3.8, 4) is 28.6 Å². The summed E-state index contributed by atoms with van der Waals surface area (Å²) in [6, 6.07) is 10.8. The minimum atomic E-state index is -0.315. The Bertz CT molecular complexity index is 1130. The van der Waals surface area contributed by atoms with Gasteiger partial charge < -0.3 is 28.8 Å². The Kier molecular flexibility index (Phi) is 6.55. The number of anilines is 1. The summed E-state index contributed by atoms with van der Waals surface area (Å²) >= 11 is 0. The molecule has 2 aromatic carbocycles. The van der Waals surface area contributed by atoms with E-state index in [1.807, 2.05) is 24.3 Å². The van der Waals surface area contributed by atoms with E-state index in [1.165, 1.54) is 58.7 Å². The number of hydrogen-bond donors (Lipinski definition) is 1. The van der Waals surface area contributed by atoms with E-state index >= 15 is 0 Å². The molecule has 1 fully saturated rings. The van der Waals surface area contributed by atoms with Crippen LogP contribution in [0.15, 0.2) is 45.6 Å². The minimum absolute atomic E-state index is 0.0926. The first-order valence-corrected chi connectivity index (χ1v) is 11.0. The van der Waals surface area contributed by atoms with Crippen LogP contribution in [-0.4, -0.2) is 57.5 Å². The highest BCUT2D eigenvalue weighted by Crippen LogP contribution is 2.38. The Morgan fingerprint density at radius 3 is 2.34 bits per heavy atom. The zero-order valence-electron chi connectivity index (χ0n) is 18.9. The van der Waals surface area contributed by atoms with Crippen molar-refractivity contribution in [3.05, 3.63) is 46.6 Å². The summed E-state index contributed by atoms with van der Waals surface area (Å²) in [4.78, 5) is 17.8. The molecule has 0 saturated carbocycles. The van der Waals surface area contributed by atoms with E-state index in [-0.39, 0.29) is 33.6 Å². The number of nitrogens with zero attached hydrogens (tertiary/aromatic N) is 2. The second-order valence-corrected chi connectivity index (χ2v) is 8.16. The van der Waals surface area contributed by atoms with Crippen LogP contribution in [0.1, 0.15) is 19.3 Å². The monoisotopic (exact) mass is 438 g/mol. The van der Waals surface area contributed by atoms with E-state index in [0.717, 1.165) is 18.8 Å². The standard InChI is InChI=1S/C25H30N2O5/c1-26(15-16-27-13-5-4-6-14-27)18-9-7-17(8-10-18)22-25(31-3)21(29)19-11-12-20(28)24(30-2)23(19)32-22/h7-12,28H,4-6,13-16H2,1-3H3. The molecule has 1 N–H and O–H groups in total. The van der Waals surface area contributed by atoms with Crippen LogP contribution < -0.4 is 19.8 Å². The number of ether oxygens (including phenoxy) is 2. The van der Waals surface area contributed by atoms with E-state index in [9.17, 15) is 9.90 Å². The van der Waals surface area contributed by atoms with Crippen molar-refractivity contribution < 1.29 is 19.0 Å². The van der Waals surface area contributed by atoms with Gasteiger partial charge in [-0.05, 0) is 62.3 Å². The number of likely N-dealkylation sites (N-methyl/N-ethyl adjacent to an activating group) is 1. The van der Waals surface area contributed by atoms with Gasteiger partial charge in [0.05, 0.1) is 19.6 Å². The number of likely N-dealkylation sites (tertiary alicyclic amines) is 1. The number of hydrogen-bond acceptors (Lipinski definition) is 7. The second kappa shape index (κ2) is 9.53. The minimum Gasteiger partial charge on any atom is -0.504 e. The molecule has 0 radical (unpaired) electrons. The third-order valence-electron chi connectivity index (χ3n) is 6.13. The maximum absolute atomic E-state index is 13.0. The van der Waals surface area contributed by atoms with Gasteiger partial charge >= 0.3 is 0 Å². The lowest BCUT2D eigenvalue weighted by Crippen LogP contribution is -2.36. The Hall–Kier alpha value is -3.19. The summed E-state index contributed by atoms with van der Waals surface area (Å²) in [7, 11) is 4.96. The molecule has 0 spiro atoms. The van der Waals surface area contributed by atoms with Gasteiger partial charge in [0.15, 0.2) is 17.1 Å². The van der Waals surface area contributed by atoms with Crippen molar-refractivity contribution in [2.24, 2.45) is 0 Å². The fraction of sp³-hybridized carbons (Fsp3) is 0.400. The Morgan fingerprint density at radius 2 is 1.69 bits per heavy atom. The lowest BCUT2D eigenvalue weighted by Gasteiger charge is -2.29. The number of benzene rings is 2. The van der Waals surface area contributed by atoms with Gasteiger partial charge in [-0.15, -0.1) is 0 Å². The van der Waals surface area contributed by atoms with Crippen LogP contribution >= 0.6 is 0 Å². The van der Waals surface area contributed by atoms with Crippen molar-refractivity contribution in [2.75, 3.05) is 52.3 Å². The van der Waals surface area contributed by atoms with Gasteiger partial charge in [0.25, 0.3) is 0 Å². The van der Waals surface area contributed by atoms with Crippen LogP contribution in [0, 0.1) is 0 Å². The smallest absolute Gasteiger partial charge is 0.235 e. The number of methoxy groups -OCH3 is 2. The molecule has 7 nitrogen and oxygen atoms in total. The van der Waals surface area contributed by atoms with Crippen molar-refractivity contribution in [3.63, 3.8) is 0 Å². The second-order valence-electron chi connectivity index (χ2n) is 8.16. The van der Waals surface area contributed by atoms with Crippen molar-refractivity contribution >= 4 is 16.7 Å². The van der Waals surface area contributed by atoms with Gasteiger partial charge in [-0.1, -0.05) is 6.42 Å². The molecular weight excluding hydrogens is 408 g/mol. The lowest BCUT2D eigenvalue weighted by molar-refractivity contribution is 0.234. The fourth-order valence-corrected chi connectivity index (χ4v) is 4.25. The molecule has 32 heavy (non-hydrogen) atoms. The third-order valence-corrected chi connectivity index (χ3v) is 6.13. The number of phenolic OH excluding ortho intramolecular Hbond substituents is 1. The zero-order valence-corrected chi connectivity index (χ0v) is 18.9. The quantitative estimate of drug-likeness (QED) is 0.595. The maximum atomic E-state index is 13.0. The molecular formula is C25H30N2O5. The Morgan fingerprint density at radius 1 is 1.00 bits per heavy atom. The highest BCUT2D eigenvalue weighted by Gasteiger charge is 2.21. The number of fused-ring (bicyclic) bond motifs is 1. The Labute approximate surface area is 187 Å². The normalized spacial score (nSPS) is 14.5. The fourth-order valence-electron chi connectivity index (χ4n) is 4.25. The van der Waals surface area contributed by atoms with Crippen LogP contribution in [0.3, 0.4) is 0 Å². The number of aromatic hydroxyl groups is 1. The molecule has 0 unspecified atom stereocenters. The van der Waals surface area contributed by atoms with E-state index in [0.29, 0.717) is 11.3 Å². The number of piperidine rings is 1. The van der Waals surface area contributed by atoms with Crippen molar-refractivity contribution in [2.45, 2.75) is 19.3 Å². The molecule has 0 aliphatic carbocycles. The summed E-state index contributed by atoms with van der Waals surface area (Å²) in [6.07, 6.45) is 3.92. The molecule has 4 rings (SSSR count). The van der Waals surface area contributed by atoms with Crippen molar-refractivity contribution in [1.29, 1.82) is 0 Å². The summed E-state index contributed by atoms with van der Waals surface area (Å²) < 4.78 is 16.7. The number of phenols is 1. The molecule has 1 aliphatic rings. The van der Waals surface area contributed by atoms with E-state index < -0.39 is 0 Å². The van der Waals surface area contributed by atoms with Crippen LogP contribution in [-0.2, 0) is 0 Å². The molecule has 0 amide bonds. The molecule has 1 saturated heterocycles. The van der Waals surface area contributed by atoms with Gasteiger partial charge in [0, 0.05) is 31.4 Å². The van der Waals surface area contributed by atoms with Gasteiger partial charge in [-0.2, -0.15) is 0 Å². The largest absolute Gasteiger partial charge is 0.504 e. The summed E-state index contributed by atoms with van der Waals surface area (Å²) in [6.45, 7) is 4.37. The van der Waals surface area contributed by atoms with Crippen LogP contribution in [0.5, 0.6) is 17.2 Å². The van der Waals surface area contributed by atoms with Gasteiger partial charge in [0.1, 0.15) is 0 Å². The summed E-state index contributed by atoms with van der Waals surface area (Å²) in [5.41, 5.74) is 1.67. The lowest BCUT2D eigenvalue weighted by atomic mass is 10.1. The average Bonchev–Trinajstić information content (AvgIpc) is 2.83. The first-order chi connectivity index (χ1) is 15.5. The predicted octanol–water partition coefficient (Wildman–Crippen LogP) is 4.10. The molecule has 0 atom stereocenters. The summed E-state index contributed by atoms with van der Waals surface area (Å²) in [5.74, 6) is 0.454. The maximum Gasteiger partial charge on any atom is 0.235 e.